The van der Waals surface area contributed by atoms with E-state index in [1.54, 1.807) is 6.92 Å². The van der Waals surface area contributed by atoms with Crippen LogP contribution in [0.3, 0.4) is 0 Å². The molecule has 1 aromatic heterocycles. The van der Waals surface area contributed by atoms with Crippen LogP contribution in [0, 0.1) is 0 Å². The molecule has 1 aliphatic carbocycles. The minimum absolute atomic E-state index is 0.0106. The highest BCUT2D eigenvalue weighted by molar-refractivity contribution is 6.62. The number of benzene rings is 1. The van der Waals surface area contributed by atoms with Gasteiger partial charge in [-0.2, -0.15) is 0 Å². The number of fused-ring (bicyclic) bond motifs is 1. The lowest BCUT2D eigenvalue weighted by Gasteiger charge is -2.13. The Kier molecular flexibility index (Phi) is 3.78. The molecule has 0 aliphatic heterocycles. The molecular weight excluding hydrogens is 338 g/mol. The summed E-state index contributed by atoms with van der Waals surface area (Å²) in [7, 11) is 5.59. The Balaban J connectivity index is 2.15. The number of carbonyl (C=O) groups is 3. The number of furan rings is 1. The maximum absolute atomic E-state index is 12.6. The van der Waals surface area contributed by atoms with Gasteiger partial charge in [0.25, 0.3) is 0 Å². The van der Waals surface area contributed by atoms with Crippen LogP contribution in [-0.4, -0.2) is 25.2 Å². The molecular formula is C16H7BCl2O4. The molecule has 0 atom stereocenters. The van der Waals surface area contributed by atoms with Crippen LogP contribution in [0.5, 0.6) is 0 Å². The summed E-state index contributed by atoms with van der Waals surface area (Å²) in [4.78, 5) is 36.7. The molecule has 1 aromatic carbocycles. The van der Waals surface area contributed by atoms with Crippen molar-refractivity contribution >= 4 is 54.0 Å². The van der Waals surface area contributed by atoms with Gasteiger partial charge in [0.1, 0.15) is 19.9 Å². The molecule has 0 amide bonds. The normalized spacial score (nSPS) is 14.2. The Bertz CT molecular complexity index is 924. The second kappa shape index (κ2) is 5.51. The van der Waals surface area contributed by atoms with Gasteiger partial charge in [-0.3, -0.25) is 14.4 Å². The molecule has 2 radical (unpaired) electrons. The third kappa shape index (κ3) is 2.37. The van der Waals surface area contributed by atoms with Gasteiger partial charge in [-0.15, -0.1) is 0 Å². The first kappa shape index (κ1) is 15.8. The molecule has 112 valence electrons. The van der Waals surface area contributed by atoms with E-state index in [4.69, 9.17) is 35.5 Å². The molecule has 7 heteroatoms. The van der Waals surface area contributed by atoms with Gasteiger partial charge in [0.05, 0.1) is 21.2 Å². The quantitative estimate of drug-likeness (QED) is 0.475. The highest BCUT2D eigenvalue weighted by Gasteiger charge is 2.35. The zero-order chi connectivity index (χ0) is 16.9. The van der Waals surface area contributed by atoms with Crippen molar-refractivity contribution < 1.29 is 18.8 Å². The monoisotopic (exact) mass is 344 g/mol. The molecule has 4 nitrogen and oxygen atoms in total. The Morgan fingerprint density at radius 1 is 1.13 bits per heavy atom. The molecule has 0 saturated carbocycles. The molecule has 0 fully saturated rings. The SMILES string of the molecule is [B]C1=C(C)c2occ(C(=O)c3ccc(Cl)c(Cl)c3)c2C(=O)C1=O. The number of hydrogen-bond donors (Lipinski definition) is 0. The average Bonchev–Trinajstić information content (AvgIpc) is 2.97. The van der Waals surface area contributed by atoms with Crippen LogP contribution in [-0.2, 0) is 4.79 Å². The van der Waals surface area contributed by atoms with Crippen LogP contribution in [0.1, 0.15) is 39.0 Å². The zero-order valence-corrected chi connectivity index (χ0v) is 13.3. The van der Waals surface area contributed by atoms with E-state index in [0.29, 0.717) is 10.6 Å². The number of carbonyl (C=O) groups excluding carboxylic acids is 3. The van der Waals surface area contributed by atoms with E-state index in [1.807, 2.05) is 0 Å². The highest BCUT2D eigenvalue weighted by Crippen LogP contribution is 2.33. The summed E-state index contributed by atoms with van der Waals surface area (Å²) in [6.07, 6.45) is 1.14. The van der Waals surface area contributed by atoms with E-state index in [0.717, 1.165) is 6.26 Å². The lowest BCUT2D eigenvalue weighted by molar-refractivity contribution is -0.111. The summed E-state index contributed by atoms with van der Waals surface area (Å²) in [5, 5.41) is 0.507. The van der Waals surface area contributed by atoms with Gasteiger partial charge in [0, 0.05) is 5.56 Å². The fourth-order valence-corrected chi connectivity index (χ4v) is 2.65. The van der Waals surface area contributed by atoms with Gasteiger partial charge >= 0.3 is 0 Å². The predicted octanol–water partition coefficient (Wildman–Crippen LogP) is 3.48. The molecule has 0 unspecified atom stereocenters. The van der Waals surface area contributed by atoms with Gasteiger partial charge in [0.15, 0.2) is 5.78 Å². The largest absolute Gasteiger partial charge is 0.463 e. The number of allylic oxidation sites excluding steroid dienone is 2. The van der Waals surface area contributed by atoms with E-state index in [2.05, 4.69) is 0 Å². The number of halogens is 2. The van der Waals surface area contributed by atoms with Crippen molar-refractivity contribution in [2.45, 2.75) is 6.92 Å². The van der Waals surface area contributed by atoms with Gasteiger partial charge in [0.2, 0.25) is 11.6 Å². The second-order valence-corrected chi connectivity index (χ2v) is 5.82. The van der Waals surface area contributed by atoms with Crippen molar-refractivity contribution in [3.8, 4) is 0 Å². The summed E-state index contributed by atoms with van der Waals surface area (Å²) < 4.78 is 5.29. The van der Waals surface area contributed by atoms with Crippen LogP contribution in [0.25, 0.3) is 5.57 Å². The molecule has 0 spiro atoms. The molecule has 0 saturated heterocycles. The lowest BCUT2D eigenvalue weighted by atomic mass is 9.77. The van der Waals surface area contributed by atoms with Gasteiger partial charge in [-0.25, -0.2) is 0 Å². The number of Topliss-reactive ketones (excluding diaryl/α,β-unsaturated/α-hetero) is 2. The van der Waals surface area contributed by atoms with Gasteiger partial charge < -0.3 is 4.42 Å². The molecule has 0 N–H and O–H groups in total. The van der Waals surface area contributed by atoms with Crippen molar-refractivity contribution in [2.24, 2.45) is 0 Å². The van der Waals surface area contributed by atoms with E-state index in [-0.39, 0.29) is 32.9 Å². The standard InChI is InChI=1S/C16H7BCl2O4/c1-6-12(17)15(22)14(21)11-8(5-23-16(6)11)13(20)7-2-3-9(18)10(19)4-7/h2-5H,1H3. The van der Waals surface area contributed by atoms with E-state index in [1.165, 1.54) is 18.2 Å². The van der Waals surface area contributed by atoms with Crippen LogP contribution in [0.15, 0.2) is 34.4 Å². The third-order valence-electron chi connectivity index (χ3n) is 3.64. The van der Waals surface area contributed by atoms with Crippen molar-refractivity contribution in [1.29, 1.82) is 0 Å². The zero-order valence-electron chi connectivity index (χ0n) is 11.8. The smallest absolute Gasteiger partial charge is 0.236 e. The van der Waals surface area contributed by atoms with Gasteiger partial charge in [-0.1, -0.05) is 23.2 Å². The van der Waals surface area contributed by atoms with E-state index >= 15 is 0 Å². The molecule has 23 heavy (non-hydrogen) atoms. The number of hydrogen-bond acceptors (Lipinski definition) is 4. The van der Waals surface area contributed by atoms with Crippen LogP contribution >= 0.6 is 23.2 Å². The van der Waals surface area contributed by atoms with Crippen LogP contribution < -0.4 is 0 Å². The summed E-state index contributed by atoms with van der Waals surface area (Å²) in [5.41, 5.74) is 0.299. The first-order chi connectivity index (χ1) is 10.8. The Morgan fingerprint density at radius 2 is 1.83 bits per heavy atom. The van der Waals surface area contributed by atoms with Crippen molar-refractivity contribution in [3.63, 3.8) is 0 Å². The fraction of sp³-hybridized carbons (Fsp3) is 0.0625. The average molecular weight is 345 g/mol. The minimum atomic E-state index is -0.861. The van der Waals surface area contributed by atoms with E-state index in [9.17, 15) is 14.4 Å². The number of ketones is 3. The summed E-state index contributed by atoms with van der Waals surface area (Å²) in [6.45, 7) is 1.55. The fourth-order valence-electron chi connectivity index (χ4n) is 2.35. The maximum atomic E-state index is 12.6. The molecule has 0 bridgehead atoms. The Hall–Kier alpha value is -2.11. The molecule has 3 rings (SSSR count). The van der Waals surface area contributed by atoms with Crippen molar-refractivity contribution in [3.05, 3.63) is 62.4 Å². The van der Waals surface area contributed by atoms with E-state index < -0.39 is 17.3 Å². The molecule has 1 aliphatic rings. The van der Waals surface area contributed by atoms with Crippen molar-refractivity contribution in [2.75, 3.05) is 0 Å². The first-order valence-corrected chi connectivity index (χ1v) is 7.25. The predicted molar refractivity (Wildman–Crippen MR) is 86.3 cm³/mol. The number of rotatable bonds is 2. The Labute approximate surface area is 142 Å². The van der Waals surface area contributed by atoms with Crippen LogP contribution in [0.2, 0.25) is 10.0 Å². The molecule has 2 aromatic rings. The highest BCUT2D eigenvalue weighted by atomic mass is 35.5. The van der Waals surface area contributed by atoms with Crippen molar-refractivity contribution in [1.82, 2.24) is 0 Å². The van der Waals surface area contributed by atoms with Gasteiger partial charge in [-0.05, 0) is 36.2 Å². The first-order valence-electron chi connectivity index (χ1n) is 6.50. The molecule has 1 heterocycles. The maximum Gasteiger partial charge on any atom is 0.236 e. The lowest BCUT2D eigenvalue weighted by Crippen LogP contribution is -2.24. The minimum Gasteiger partial charge on any atom is -0.463 e. The topological polar surface area (TPSA) is 64.3 Å². The third-order valence-corrected chi connectivity index (χ3v) is 4.38. The summed E-state index contributed by atoms with van der Waals surface area (Å²) >= 11 is 11.7. The van der Waals surface area contributed by atoms with Crippen LogP contribution in [0.4, 0.5) is 0 Å². The second-order valence-electron chi connectivity index (χ2n) is 5.01. The summed E-state index contributed by atoms with van der Waals surface area (Å²) in [5.74, 6) is -2.07. The summed E-state index contributed by atoms with van der Waals surface area (Å²) in [6, 6.07) is 4.33. The Morgan fingerprint density at radius 3 is 2.48 bits per heavy atom.